The average Bonchev–Trinajstić information content (AvgIpc) is 2.70. The van der Waals surface area contributed by atoms with Crippen LogP contribution in [0.3, 0.4) is 0 Å². The molecule has 6 heteroatoms. The van der Waals surface area contributed by atoms with E-state index in [2.05, 4.69) is 4.98 Å². The van der Waals surface area contributed by atoms with Crippen LogP contribution in [0.2, 0.25) is 0 Å². The maximum atomic E-state index is 12.9. The molecule has 1 aromatic carbocycles. The smallest absolute Gasteiger partial charge is 0.260 e. The van der Waals surface area contributed by atoms with E-state index in [1.807, 2.05) is 30.3 Å². The quantitative estimate of drug-likeness (QED) is 0.551. The van der Waals surface area contributed by atoms with Gasteiger partial charge in [-0.1, -0.05) is 30.3 Å². The third-order valence-electron chi connectivity index (χ3n) is 4.71. The highest BCUT2D eigenvalue weighted by Gasteiger charge is 2.10. The van der Waals surface area contributed by atoms with Crippen molar-refractivity contribution in [2.24, 2.45) is 0 Å². The van der Waals surface area contributed by atoms with Gasteiger partial charge in [-0.2, -0.15) is 0 Å². The minimum atomic E-state index is -0.255. The summed E-state index contributed by atoms with van der Waals surface area (Å²) in [4.78, 5) is 29.9. The lowest BCUT2D eigenvalue weighted by Gasteiger charge is -2.09. The third kappa shape index (κ3) is 3.27. The number of hydrogen-bond acceptors (Lipinski definition) is 4. The largest absolute Gasteiger partial charge is 0.395 e. The Balaban J connectivity index is 1.78. The van der Waals surface area contributed by atoms with Gasteiger partial charge in [0.25, 0.3) is 11.1 Å². The number of aromatic nitrogens is 3. The molecule has 4 rings (SSSR count). The summed E-state index contributed by atoms with van der Waals surface area (Å²) in [6, 6.07) is 15.1. The Hall–Kier alpha value is -3.25. The predicted molar refractivity (Wildman–Crippen MR) is 105 cm³/mol. The van der Waals surface area contributed by atoms with Crippen LogP contribution in [-0.2, 0) is 19.5 Å². The van der Waals surface area contributed by atoms with E-state index in [0.717, 1.165) is 12.0 Å². The number of benzene rings is 1. The zero-order valence-electron chi connectivity index (χ0n) is 14.7. The molecule has 0 fully saturated rings. The predicted octanol–water partition coefficient (Wildman–Crippen LogP) is 1.95. The number of aryl methyl sites for hydroxylation is 2. The Morgan fingerprint density at radius 3 is 2.00 bits per heavy atom. The number of aliphatic hydroxyl groups is 1. The molecule has 3 heterocycles. The molecule has 0 amide bonds. The molecule has 136 valence electrons. The molecule has 6 nitrogen and oxygen atoms in total. The van der Waals surface area contributed by atoms with Crippen LogP contribution >= 0.6 is 0 Å². The lowest BCUT2D eigenvalue weighted by molar-refractivity contribution is 0.274. The number of hydrogen-bond donors (Lipinski definition) is 1. The van der Waals surface area contributed by atoms with E-state index in [9.17, 15) is 9.59 Å². The highest BCUT2D eigenvalue weighted by molar-refractivity contribution is 5.91. The SMILES string of the molecule is O=c1c2cc3c(=O)n(CCc4ccccc4)ccc3nc2ccn1CCO. The van der Waals surface area contributed by atoms with Gasteiger partial charge in [0.05, 0.1) is 28.4 Å². The van der Waals surface area contributed by atoms with Crippen molar-refractivity contribution in [2.75, 3.05) is 6.61 Å². The molecule has 0 saturated carbocycles. The molecule has 0 saturated heterocycles. The topological polar surface area (TPSA) is 77.1 Å². The van der Waals surface area contributed by atoms with Crippen molar-refractivity contribution in [1.82, 2.24) is 14.1 Å². The van der Waals surface area contributed by atoms with Crippen LogP contribution in [0, 0.1) is 0 Å². The molecule has 0 bridgehead atoms. The molecule has 3 aromatic heterocycles. The minimum Gasteiger partial charge on any atom is -0.395 e. The van der Waals surface area contributed by atoms with E-state index >= 15 is 0 Å². The number of aliphatic hydroxyl groups excluding tert-OH is 1. The maximum Gasteiger partial charge on any atom is 0.260 e. The fourth-order valence-corrected chi connectivity index (χ4v) is 3.26. The molecule has 1 N–H and O–H groups in total. The summed E-state index contributed by atoms with van der Waals surface area (Å²) >= 11 is 0. The summed E-state index contributed by atoms with van der Waals surface area (Å²) in [5.74, 6) is 0. The maximum absolute atomic E-state index is 12.9. The second-order valence-electron chi connectivity index (χ2n) is 6.44. The summed E-state index contributed by atoms with van der Waals surface area (Å²) in [6.45, 7) is 0.641. The lowest BCUT2D eigenvalue weighted by Crippen LogP contribution is -2.23. The zero-order chi connectivity index (χ0) is 18.8. The summed E-state index contributed by atoms with van der Waals surface area (Å²) in [5.41, 5.74) is 1.86. The molecular weight excluding hydrogens is 342 g/mol. The Labute approximate surface area is 155 Å². The van der Waals surface area contributed by atoms with Gasteiger partial charge in [-0.05, 0) is 30.2 Å². The van der Waals surface area contributed by atoms with E-state index in [0.29, 0.717) is 28.4 Å². The van der Waals surface area contributed by atoms with Crippen molar-refractivity contribution in [3.8, 4) is 0 Å². The number of pyridine rings is 3. The van der Waals surface area contributed by atoms with E-state index in [1.165, 1.54) is 4.57 Å². The van der Waals surface area contributed by atoms with Crippen molar-refractivity contribution in [1.29, 1.82) is 0 Å². The van der Waals surface area contributed by atoms with Gasteiger partial charge in [-0.3, -0.25) is 9.59 Å². The van der Waals surface area contributed by atoms with Gasteiger partial charge in [-0.15, -0.1) is 0 Å². The van der Waals surface area contributed by atoms with E-state index < -0.39 is 0 Å². The molecule has 0 aliphatic heterocycles. The van der Waals surface area contributed by atoms with Gasteiger partial charge in [0.1, 0.15) is 0 Å². The molecule has 0 radical (unpaired) electrons. The highest BCUT2D eigenvalue weighted by Crippen LogP contribution is 2.14. The van der Waals surface area contributed by atoms with E-state index in [-0.39, 0.29) is 24.3 Å². The summed E-state index contributed by atoms with van der Waals surface area (Å²) < 4.78 is 3.07. The molecule has 0 aliphatic carbocycles. The Morgan fingerprint density at radius 2 is 1.41 bits per heavy atom. The Bertz CT molecular complexity index is 1230. The average molecular weight is 361 g/mol. The summed E-state index contributed by atoms with van der Waals surface area (Å²) in [5, 5.41) is 9.91. The van der Waals surface area contributed by atoms with Crippen LogP contribution in [0.25, 0.3) is 21.8 Å². The van der Waals surface area contributed by atoms with Crippen LogP contribution in [0.1, 0.15) is 5.56 Å². The Kier molecular flexibility index (Phi) is 4.56. The first-order chi connectivity index (χ1) is 13.2. The van der Waals surface area contributed by atoms with Crippen molar-refractivity contribution in [3.63, 3.8) is 0 Å². The van der Waals surface area contributed by atoms with Gasteiger partial charge in [0.15, 0.2) is 0 Å². The van der Waals surface area contributed by atoms with Gasteiger partial charge in [0.2, 0.25) is 0 Å². The van der Waals surface area contributed by atoms with Gasteiger partial charge in [0, 0.05) is 25.5 Å². The van der Waals surface area contributed by atoms with Crippen LogP contribution in [0.15, 0.2) is 70.5 Å². The van der Waals surface area contributed by atoms with E-state index in [1.54, 1.807) is 35.2 Å². The molecule has 0 atom stereocenters. The Morgan fingerprint density at radius 1 is 0.815 bits per heavy atom. The normalized spacial score (nSPS) is 11.3. The summed E-state index contributed by atoms with van der Waals surface area (Å²) in [6.07, 6.45) is 4.11. The van der Waals surface area contributed by atoms with Gasteiger partial charge < -0.3 is 14.2 Å². The van der Waals surface area contributed by atoms with Crippen molar-refractivity contribution < 1.29 is 5.11 Å². The van der Waals surface area contributed by atoms with Gasteiger partial charge in [-0.25, -0.2) is 4.98 Å². The fourth-order valence-electron chi connectivity index (χ4n) is 3.26. The van der Waals surface area contributed by atoms with Crippen molar-refractivity contribution in [2.45, 2.75) is 19.5 Å². The first kappa shape index (κ1) is 17.2. The molecular formula is C21H19N3O3. The minimum absolute atomic E-state index is 0.126. The highest BCUT2D eigenvalue weighted by atomic mass is 16.3. The first-order valence-corrected chi connectivity index (χ1v) is 8.85. The molecule has 4 aromatic rings. The number of fused-ring (bicyclic) bond motifs is 2. The number of rotatable bonds is 5. The van der Waals surface area contributed by atoms with Crippen LogP contribution < -0.4 is 11.1 Å². The van der Waals surface area contributed by atoms with Crippen molar-refractivity contribution >= 4 is 21.8 Å². The van der Waals surface area contributed by atoms with Crippen molar-refractivity contribution in [3.05, 3.63) is 87.2 Å². The van der Waals surface area contributed by atoms with Crippen LogP contribution in [0.4, 0.5) is 0 Å². The second-order valence-corrected chi connectivity index (χ2v) is 6.44. The van der Waals surface area contributed by atoms with Gasteiger partial charge >= 0.3 is 0 Å². The molecule has 0 spiro atoms. The summed E-state index contributed by atoms with van der Waals surface area (Å²) in [7, 11) is 0. The lowest BCUT2D eigenvalue weighted by atomic mass is 10.1. The monoisotopic (exact) mass is 361 g/mol. The molecule has 0 aliphatic rings. The zero-order valence-corrected chi connectivity index (χ0v) is 14.7. The fraction of sp³-hybridized carbons (Fsp3) is 0.190. The van der Waals surface area contributed by atoms with Crippen LogP contribution in [0.5, 0.6) is 0 Å². The van der Waals surface area contributed by atoms with Crippen LogP contribution in [-0.4, -0.2) is 25.8 Å². The standard InChI is InChI=1S/C21H19N3O3/c25-13-12-24-11-8-19-17(21(24)27)14-16-18(22-19)7-10-23(20(16)26)9-6-15-4-2-1-3-5-15/h1-5,7-8,10-11,14,25H,6,9,12-13H2. The second kappa shape index (κ2) is 7.17. The third-order valence-corrected chi connectivity index (χ3v) is 4.71. The molecule has 27 heavy (non-hydrogen) atoms. The first-order valence-electron chi connectivity index (χ1n) is 8.85. The molecule has 0 unspecified atom stereocenters. The van der Waals surface area contributed by atoms with E-state index in [4.69, 9.17) is 5.11 Å². The number of nitrogens with zero attached hydrogens (tertiary/aromatic N) is 3.